The molecule has 0 aliphatic rings. The molecule has 0 aliphatic heterocycles. The number of nitrogens with zero attached hydrogens (tertiary/aromatic N) is 1. The van der Waals surface area contributed by atoms with Crippen LogP contribution in [0.25, 0.3) is 11.3 Å². The second-order valence-electron chi connectivity index (χ2n) is 4.94. The second kappa shape index (κ2) is 7.15. The smallest absolute Gasteiger partial charge is 0.252 e. The van der Waals surface area contributed by atoms with Gasteiger partial charge in [-0.05, 0) is 17.7 Å². The van der Waals surface area contributed by atoms with Crippen molar-refractivity contribution in [1.29, 1.82) is 0 Å². The zero-order valence-electron chi connectivity index (χ0n) is 12.7. The van der Waals surface area contributed by atoms with Gasteiger partial charge < -0.3 is 9.72 Å². The number of thioether (sulfide) groups is 1. The Hall–Kier alpha value is -2.53. The van der Waals surface area contributed by atoms with E-state index in [2.05, 4.69) is 9.97 Å². The molecule has 3 aromatic rings. The predicted molar refractivity (Wildman–Crippen MR) is 92.8 cm³/mol. The van der Waals surface area contributed by atoms with E-state index < -0.39 is 0 Å². The lowest BCUT2D eigenvalue weighted by molar-refractivity contribution is 0.414. The average Bonchev–Trinajstić information content (AvgIpc) is 2.61. The molecule has 0 aliphatic carbocycles. The lowest BCUT2D eigenvalue weighted by atomic mass is 10.1. The summed E-state index contributed by atoms with van der Waals surface area (Å²) >= 11 is 1.50. The van der Waals surface area contributed by atoms with Crippen LogP contribution in [0.4, 0.5) is 0 Å². The average molecular weight is 324 g/mol. The summed E-state index contributed by atoms with van der Waals surface area (Å²) in [6, 6.07) is 19.1. The van der Waals surface area contributed by atoms with Crippen LogP contribution in [-0.4, -0.2) is 17.1 Å². The van der Waals surface area contributed by atoms with Crippen LogP contribution in [0.1, 0.15) is 5.56 Å². The second-order valence-corrected chi connectivity index (χ2v) is 5.90. The van der Waals surface area contributed by atoms with E-state index >= 15 is 0 Å². The summed E-state index contributed by atoms with van der Waals surface area (Å²) in [6.07, 6.45) is 0. The molecule has 0 atom stereocenters. The third-order valence-corrected chi connectivity index (χ3v) is 4.27. The summed E-state index contributed by atoms with van der Waals surface area (Å²) < 4.78 is 5.15. The van der Waals surface area contributed by atoms with Crippen LogP contribution in [0.3, 0.4) is 0 Å². The van der Waals surface area contributed by atoms with E-state index in [1.54, 1.807) is 7.11 Å². The van der Waals surface area contributed by atoms with Crippen LogP contribution in [0, 0.1) is 0 Å². The number of benzene rings is 2. The van der Waals surface area contributed by atoms with Gasteiger partial charge in [-0.15, -0.1) is 0 Å². The highest BCUT2D eigenvalue weighted by molar-refractivity contribution is 7.98. The zero-order chi connectivity index (χ0) is 16.1. The van der Waals surface area contributed by atoms with E-state index in [0.29, 0.717) is 10.9 Å². The van der Waals surface area contributed by atoms with E-state index in [1.165, 1.54) is 17.8 Å². The van der Waals surface area contributed by atoms with Gasteiger partial charge in [-0.2, -0.15) is 0 Å². The predicted octanol–water partition coefficient (Wildman–Crippen LogP) is 3.74. The van der Waals surface area contributed by atoms with Gasteiger partial charge in [0.2, 0.25) is 0 Å². The van der Waals surface area contributed by atoms with Crippen LogP contribution < -0.4 is 10.3 Å². The van der Waals surface area contributed by atoms with Crippen molar-refractivity contribution in [3.05, 3.63) is 76.6 Å². The molecule has 3 rings (SSSR count). The van der Waals surface area contributed by atoms with Crippen molar-refractivity contribution < 1.29 is 4.74 Å². The molecule has 0 bridgehead atoms. The summed E-state index contributed by atoms with van der Waals surface area (Å²) in [6.45, 7) is 0. The van der Waals surface area contributed by atoms with Gasteiger partial charge in [-0.3, -0.25) is 4.79 Å². The lowest BCUT2D eigenvalue weighted by Crippen LogP contribution is -2.08. The van der Waals surface area contributed by atoms with Crippen molar-refractivity contribution in [1.82, 2.24) is 9.97 Å². The quantitative estimate of drug-likeness (QED) is 0.574. The molecule has 1 N–H and O–H groups in total. The normalized spacial score (nSPS) is 10.5. The van der Waals surface area contributed by atoms with Crippen molar-refractivity contribution in [2.75, 3.05) is 7.11 Å². The maximum Gasteiger partial charge on any atom is 0.252 e. The minimum absolute atomic E-state index is 0.143. The van der Waals surface area contributed by atoms with E-state index in [9.17, 15) is 4.79 Å². The fourth-order valence-corrected chi connectivity index (χ4v) is 2.97. The van der Waals surface area contributed by atoms with Gasteiger partial charge >= 0.3 is 0 Å². The fourth-order valence-electron chi connectivity index (χ4n) is 2.13. The Morgan fingerprint density at radius 3 is 2.52 bits per heavy atom. The Morgan fingerprint density at radius 2 is 1.83 bits per heavy atom. The van der Waals surface area contributed by atoms with E-state index in [1.807, 2.05) is 54.6 Å². The van der Waals surface area contributed by atoms with Crippen LogP contribution in [-0.2, 0) is 5.75 Å². The van der Waals surface area contributed by atoms with Crippen LogP contribution in [0.5, 0.6) is 5.75 Å². The molecule has 4 nitrogen and oxygen atoms in total. The Balaban J connectivity index is 1.77. The number of rotatable bonds is 5. The monoisotopic (exact) mass is 324 g/mol. The summed E-state index contributed by atoms with van der Waals surface area (Å²) in [5, 5.41) is 0.618. The number of hydrogen-bond donors (Lipinski definition) is 1. The first-order valence-corrected chi connectivity index (χ1v) is 8.16. The minimum atomic E-state index is -0.143. The molecule has 0 radical (unpaired) electrons. The number of nitrogens with one attached hydrogen (secondary N) is 1. The number of ether oxygens (including phenoxy) is 1. The molecule has 23 heavy (non-hydrogen) atoms. The first-order valence-electron chi connectivity index (χ1n) is 7.17. The summed E-state index contributed by atoms with van der Waals surface area (Å²) in [5.41, 5.74) is 2.62. The topological polar surface area (TPSA) is 55.0 Å². The molecule has 5 heteroatoms. The Kier molecular flexibility index (Phi) is 4.78. The van der Waals surface area contributed by atoms with Gasteiger partial charge in [0.15, 0.2) is 5.16 Å². The van der Waals surface area contributed by atoms with Crippen molar-refractivity contribution in [2.45, 2.75) is 10.9 Å². The highest BCUT2D eigenvalue weighted by Crippen LogP contribution is 2.22. The molecule has 0 amide bonds. The van der Waals surface area contributed by atoms with Crippen molar-refractivity contribution in [3.8, 4) is 17.0 Å². The molecular weight excluding hydrogens is 308 g/mol. The molecule has 1 heterocycles. The van der Waals surface area contributed by atoms with Gasteiger partial charge in [0, 0.05) is 17.4 Å². The third-order valence-electron chi connectivity index (χ3n) is 3.32. The number of aromatic amines is 1. The number of methoxy groups -OCH3 is 1. The van der Waals surface area contributed by atoms with Gasteiger partial charge in [0.1, 0.15) is 5.75 Å². The summed E-state index contributed by atoms with van der Waals surface area (Å²) in [5.74, 6) is 1.56. The molecule has 0 unspecified atom stereocenters. The maximum atomic E-state index is 11.9. The lowest BCUT2D eigenvalue weighted by Gasteiger charge is -2.05. The van der Waals surface area contributed by atoms with Crippen molar-refractivity contribution >= 4 is 11.8 Å². The summed E-state index contributed by atoms with van der Waals surface area (Å²) in [4.78, 5) is 19.2. The third kappa shape index (κ3) is 4.02. The molecule has 0 saturated heterocycles. The Morgan fingerprint density at radius 1 is 1.09 bits per heavy atom. The molecule has 0 spiro atoms. The van der Waals surface area contributed by atoms with Gasteiger partial charge in [0.25, 0.3) is 5.56 Å². The molecule has 0 saturated carbocycles. The largest absolute Gasteiger partial charge is 0.497 e. The van der Waals surface area contributed by atoms with E-state index in [4.69, 9.17) is 4.74 Å². The van der Waals surface area contributed by atoms with Crippen LogP contribution in [0.15, 0.2) is 70.6 Å². The number of aromatic nitrogens is 2. The van der Waals surface area contributed by atoms with Crippen LogP contribution >= 0.6 is 11.8 Å². The van der Waals surface area contributed by atoms with Gasteiger partial charge in [-0.25, -0.2) is 4.98 Å². The molecular formula is C18H16N2O2S. The van der Waals surface area contributed by atoms with E-state index in [-0.39, 0.29) is 5.56 Å². The molecule has 1 aromatic heterocycles. The van der Waals surface area contributed by atoms with Gasteiger partial charge in [0.05, 0.1) is 12.8 Å². The number of H-pyrrole nitrogens is 1. The Labute approximate surface area is 138 Å². The van der Waals surface area contributed by atoms with Crippen molar-refractivity contribution in [2.24, 2.45) is 0 Å². The Bertz CT molecular complexity index is 830. The highest BCUT2D eigenvalue weighted by atomic mass is 32.2. The minimum Gasteiger partial charge on any atom is -0.497 e. The summed E-state index contributed by atoms with van der Waals surface area (Å²) in [7, 11) is 1.65. The fraction of sp³-hybridized carbons (Fsp3) is 0.111. The van der Waals surface area contributed by atoms with E-state index in [0.717, 1.165) is 22.6 Å². The first-order chi connectivity index (χ1) is 11.2. The standard InChI is InChI=1S/C18H16N2O2S/c1-22-15-9-7-13(8-10-15)12-23-18-19-16(11-17(21)20-18)14-5-3-2-4-6-14/h2-11H,12H2,1H3,(H,19,20,21). The SMILES string of the molecule is COc1ccc(CSc2nc(-c3ccccc3)cc(=O)[nH]2)cc1. The zero-order valence-corrected chi connectivity index (χ0v) is 13.5. The van der Waals surface area contributed by atoms with Gasteiger partial charge in [-0.1, -0.05) is 54.2 Å². The first kappa shape index (κ1) is 15.4. The van der Waals surface area contributed by atoms with Crippen molar-refractivity contribution in [3.63, 3.8) is 0 Å². The highest BCUT2D eigenvalue weighted by Gasteiger charge is 2.05. The molecule has 2 aromatic carbocycles. The maximum absolute atomic E-state index is 11.9. The number of hydrogen-bond acceptors (Lipinski definition) is 4. The molecule has 0 fully saturated rings. The molecule has 116 valence electrons. The van der Waals surface area contributed by atoms with Crippen LogP contribution in [0.2, 0.25) is 0 Å².